The van der Waals surface area contributed by atoms with Crippen molar-refractivity contribution in [2.75, 3.05) is 5.73 Å². The van der Waals surface area contributed by atoms with Gasteiger partial charge in [-0.05, 0) is 25.1 Å². The van der Waals surface area contributed by atoms with Gasteiger partial charge in [-0.2, -0.15) is 0 Å². The van der Waals surface area contributed by atoms with Gasteiger partial charge >= 0.3 is 5.97 Å². The number of halogens is 3. The van der Waals surface area contributed by atoms with Crippen LogP contribution in [0.3, 0.4) is 0 Å². The van der Waals surface area contributed by atoms with Gasteiger partial charge in [-0.15, -0.1) is 0 Å². The Kier molecular flexibility index (Phi) is 4.16. The topological polar surface area (TPSA) is 52.3 Å². The molecular weight excluding hydrogens is 283 g/mol. The molecular formula is C15H12F3NO2. The SMILES string of the molecule is Cc1c(N)cc(C(=O)OCc2cccc(F)c2F)cc1F. The maximum atomic E-state index is 13.5. The summed E-state index contributed by atoms with van der Waals surface area (Å²) in [6, 6.07) is 5.79. The molecule has 0 heterocycles. The van der Waals surface area contributed by atoms with E-state index in [0.29, 0.717) is 0 Å². The summed E-state index contributed by atoms with van der Waals surface area (Å²) in [5.41, 5.74) is 5.69. The van der Waals surface area contributed by atoms with E-state index >= 15 is 0 Å². The van der Waals surface area contributed by atoms with Crippen molar-refractivity contribution < 1.29 is 22.7 Å². The van der Waals surface area contributed by atoms with E-state index in [2.05, 4.69) is 0 Å². The maximum absolute atomic E-state index is 13.5. The number of hydrogen-bond donors (Lipinski definition) is 1. The minimum Gasteiger partial charge on any atom is -0.457 e. The second-order valence-corrected chi connectivity index (χ2v) is 4.46. The summed E-state index contributed by atoms with van der Waals surface area (Å²) < 4.78 is 44.7. The number of carbonyl (C=O) groups is 1. The molecule has 0 aliphatic rings. The van der Waals surface area contributed by atoms with Crippen molar-refractivity contribution in [2.24, 2.45) is 0 Å². The average Bonchev–Trinajstić information content (AvgIpc) is 2.45. The van der Waals surface area contributed by atoms with E-state index in [0.717, 1.165) is 12.1 Å². The zero-order valence-corrected chi connectivity index (χ0v) is 11.1. The second-order valence-electron chi connectivity index (χ2n) is 4.46. The van der Waals surface area contributed by atoms with Crippen molar-refractivity contribution in [2.45, 2.75) is 13.5 Å². The number of carbonyl (C=O) groups excluding carboxylic acids is 1. The molecule has 0 bridgehead atoms. The lowest BCUT2D eigenvalue weighted by Gasteiger charge is -2.08. The van der Waals surface area contributed by atoms with E-state index in [4.69, 9.17) is 10.5 Å². The normalized spacial score (nSPS) is 10.5. The summed E-state index contributed by atoms with van der Waals surface area (Å²) in [7, 11) is 0. The summed E-state index contributed by atoms with van der Waals surface area (Å²) >= 11 is 0. The van der Waals surface area contributed by atoms with Crippen molar-refractivity contribution in [3.05, 3.63) is 64.5 Å². The standard InChI is InChI=1S/C15H12F3NO2/c1-8-12(17)5-10(6-13(8)19)15(20)21-7-9-3-2-4-11(16)14(9)18/h2-6H,7,19H2,1H3. The third-order valence-electron chi connectivity index (χ3n) is 3.01. The molecule has 0 atom stereocenters. The minimum absolute atomic E-state index is 0.0904. The van der Waals surface area contributed by atoms with Crippen LogP contribution in [0.25, 0.3) is 0 Å². The van der Waals surface area contributed by atoms with Gasteiger partial charge < -0.3 is 10.5 Å². The fourth-order valence-corrected chi connectivity index (χ4v) is 1.70. The van der Waals surface area contributed by atoms with Gasteiger partial charge in [0.1, 0.15) is 12.4 Å². The molecule has 21 heavy (non-hydrogen) atoms. The highest BCUT2D eigenvalue weighted by Crippen LogP contribution is 2.19. The Morgan fingerprint density at radius 3 is 2.57 bits per heavy atom. The van der Waals surface area contributed by atoms with Crippen LogP contribution in [-0.4, -0.2) is 5.97 Å². The van der Waals surface area contributed by atoms with Crippen LogP contribution in [0.4, 0.5) is 18.9 Å². The van der Waals surface area contributed by atoms with Gasteiger partial charge in [0, 0.05) is 16.8 Å². The van der Waals surface area contributed by atoms with Gasteiger partial charge in [0.25, 0.3) is 0 Å². The average molecular weight is 295 g/mol. The van der Waals surface area contributed by atoms with E-state index in [1.807, 2.05) is 0 Å². The van der Waals surface area contributed by atoms with E-state index in [-0.39, 0.29) is 22.4 Å². The van der Waals surface area contributed by atoms with Gasteiger partial charge in [-0.1, -0.05) is 12.1 Å². The van der Waals surface area contributed by atoms with Crippen molar-refractivity contribution >= 4 is 11.7 Å². The molecule has 0 radical (unpaired) electrons. The Balaban J connectivity index is 2.14. The van der Waals surface area contributed by atoms with E-state index in [9.17, 15) is 18.0 Å². The summed E-state index contributed by atoms with van der Waals surface area (Å²) in [5, 5.41) is 0. The number of rotatable bonds is 3. The van der Waals surface area contributed by atoms with Gasteiger partial charge in [0.15, 0.2) is 11.6 Å². The van der Waals surface area contributed by atoms with E-state index in [1.54, 1.807) is 0 Å². The molecule has 0 amide bonds. The number of anilines is 1. The molecule has 0 unspecified atom stereocenters. The van der Waals surface area contributed by atoms with Crippen LogP contribution in [0.1, 0.15) is 21.5 Å². The molecule has 0 fully saturated rings. The predicted octanol–water partition coefficient (Wildman–Crippen LogP) is 3.35. The summed E-state index contributed by atoms with van der Waals surface area (Å²) in [4.78, 5) is 11.8. The Bertz CT molecular complexity index is 678. The van der Waals surface area contributed by atoms with Crippen LogP contribution in [0.5, 0.6) is 0 Å². The van der Waals surface area contributed by atoms with Crippen LogP contribution in [0.15, 0.2) is 30.3 Å². The molecule has 2 rings (SSSR count). The Morgan fingerprint density at radius 1 is 1.19 bits per heavy atom. The maximum Gasteiger partial charge on any atom is 0.338 e. The lowest BCUT2D eigenvalue weighted by molar-refractivity contribution is 0.0467. The lowest BCUT2D eigenvalue weighted by atomic mass is 10.1. The second kappa shape index (κ2) is 5.87. The summed E-state index contributed by atoms with van der Waals surface area (Å²) in [5.74, 6) is -3.63. The Hall–Kier alpha value is -2.50. The fourth-order valence-electron chi connectivity index (χ4n) is 1.70. The van der Waals surface area contributed by atoms with Crippen molar-refractivity contribution in [3.63, 3.8) is 0 Å². The first-order chi connectivity index (χ1) is 9.90. The Labute approximate surface area is 119 Å². The lowest BCUT2D eigenvalue weighted by Crippen LogP contribution is -2.08. The quantitative estimate of drug-likeness (QED) is 0.698. The molecule has 6 heteroatoms. The number of ether oxygens (including phenoxy) is 1. The third-order valence-corrected chi connectivity index (χ3v) is 3.01. The van der Waals surface area contributed by atoms with Crippen LogP contribution >= 0.6 is 0 Å². The van der Waals surface area contributed by atoms with Crippen LogP contribution in [0.2, 0.25) is 0 Å². The molecule has 0 saturated carbocycles. The van der Waals surface area contributed by atoms with Crippen LogP contribution in [0, 0.1) is 24.4 Å². The molecule has 0 aromatic heterocycles. The van der Waals surface area contributed by atoms with Crippen molar-refractivity contribution in [1.29, 1.82) is 0 Å². The van der Waals surface area contributed by atoms with Crippen LogP contribution in [-0.2, 0) is 11.3 Å². The number of hydrogen-bond acceptors (Lipinski definition) is 3. The first-order valence-corrected chi connectivity index (χ1v) is 6.05. The Morgan fingerprint density at radius 2 is 1.90 bits per heavy atom. The first-order valence-electron chi connectivity index (χ1n) is 6.05. The van der Waals surface area contributed by atoms with Gasteiger partial charge in [-0.3, -0.25) is 0 Å². The zero-order chi connectivity index (χ0) is 15.6. The zero-order valence-electron chi connectivity index (χ0n) is 11.1. The van der Waals surface area contributed by atoms with Crippen LogP contribution < -0.4 is 5.73 Å². The molecule has 0 spiro atoms. The molecule has 0 aliphatic carbocycles. The number of nitrogens with two attached hydrogens (primary N) is 1. The summed E-state index contributed by atoms with van der Waals surface area (Å²) in [6.45, 7) is 1.01. The summed E-state index contributed by atoms with van der Waals surface area (Å²) in [6.07, 6.45) is 0. The fraction of sp³-hybridized carbons (Fsp3) is 0.133. The monoisotopic (exact) mass is 295 g/mol. The van der Waals surface area contributed by atoms with Gasteiger partial charge in [-0.25, -0.2) is 18.0 Å². The smallest absolute Gasteiger partial charge is 0.338 e. The van der Waals surface area contributed by atoms with E-state index < -0.39 is 30.0 Å². The molecule has 0 aliphatic heterocycles. The number of nitrogen functional groups attached to an aromatic ring is 1. The highest BCUT2D eigenvalue weighted by molar-refractivity contribution is 5.90. The highest BCUT2D eigenvalue weighted by atomic mass is 19.2. The number of benzene rings is 2. The highest BCUT2D eigenvalue weighted by Gasteiger charge is 2.14. The van der Waals surface area contributed by atoms with Crippen molar-refractivity contribution in [3.8, 4) is 0 Å². The number of esters is 1. The minimum atomic E-state index is -1.08. The third kappa shape index (κ3) is 3.16. The largest absolute Gasteiger partial charge is 0.457 e. The predicted molar refractivity (Wildman–Crippen MR) is 71.0 cm³/mol. The van der Waals surface area contributed by atoms with Gasteiger partial charge in [0.2, 0.25) is 0 Å². The van der Waals surface area contributed by atoms with E-state index in [1.165, 1.54) is 25.1 Å². The molecule has 110 valence electrons. The molecule has 0 saturated heterocycles. The molecule has 2 aromatic carbocycles. The van der Waals surface area contributed by atoms with Gasteiger partial charge in [0.05, 0.1) is 5.56 Å². The first kappa shape index (κ1) is 14.9. The molecule has 2 N–H and O–H groups in total. The molecule has 2 aromatic rings. The van der Waals surface area contributed by atoms with Crippen molar-refractivity contribution in [1.82, 2.24) is 0 Å². The molecule has 3 nitrogen and oxygen atoms in total.